The van der Waals surface area contributed by atoms with Crippen LogP contribution in [0.4, 0.5) is 8.78 Å². The molecule has 0 aliphatic heterocycles. The topological polar surface area (TPSA) is 17.1 Å². The maximum atomic E-state index is 13.6. The zero-order chi connectivity index (χ0) is 13.8. The highest BCUT2D eigenvalue weighted by molar-refractivity contribution is 7.99. The number of carbonyl (C=O) groups is 1. The number of Topliss-reactive ketones (excluding diaryl/α,β-unsaturated/α-hetero) is 1. The van der Waals surface area contributed by atoms with Gasteiger partial charge in [0.2, 0.25) is 0 Å². The van der Waals surface area contributed by atoms with Crippen LogP contribution >= 0.6 is 11.8 Å². The van der Waals surface area contributed by atoms with E-state index in [1.54, 1.807) is 31.2 Å². The zero-order valence-corrected chi connectivity index (χ0v) is 11.1. The average molecular weight is 278 g/mol. The minimum absolute atomic E-state index is 0.0140. The molecule has 0 fully saturated rings. The Morgan fingerprint density at radius 2 is 1.84 bits per heavy atom. The van der Waals surface area contributed by atoms with Crippen LogP contribution in [0.3, 0.4) is 0 Å². The van der Waals surface area contributed by atoms with E-state index in [1.165, 1.54) is 0 Å². The quantitative estimate of drug-likeness (QED) is 0.753. The minimum atomic E-state index is -0.497. The molecule has 0 aliphatic carbocycles. The summed E-state index contributed by atoms with van der Waals surface area (Å²) >= 11 is 1.06. The fraction of sp³-hybridized carbons (Fsp3) is 0.133. The first kappa shape index (κ1) is 13.7. The third kappa shape index (κ3) is 3.20. The molecule has 0 spiro atoms. The SMILES string of the molecule is CCC(=O)c1ccccc1Sc1cc(F)ccc1F. The Bertz CT molecular complexity index is 611. The van der Waals surface area contributed by atoms with Crippen LogP contribution in [0.2, 0.25) is 0 Å². The zero-order valence-electron chi connectivity index (χ0n) is 10.3. The van der Waals surface area contributed by atoms with Crippen LogP contribution < -0.4 is 0 Å². The molecule has 0 bridgehead atoms. The van der Waals surface area contributed by atoms with Gasteiger partial charge in [0.15, 0.2) is 5.78 Å². The van der Waals surface area contributed by atoms with Gasteiger partial charge < -0.3 is 0 Å². The van der Waals surface area contributed by atoms with Gasteiger partial charge in [0.25, 0.3) is 0 Å². The summed E-state index contributed by atoms with van der Waals surface area (Å²) in [7, 11) is 0. The lowest BCUT2D eigenvalue weighted by Gasteiger charge is -2.08. The van der Waals surface area contributed by atoms with Gasteiger partial charge in [-0.15, -0.1) is 0 Å². The molecule has 2 aromatic rings. The van der Waals surface area contributed by atoms with Crippen molar-refractivity contribution in [1.29, 1.82) is 0 Å². The summed E-state index contributed by atoms with van der Waals surface area (Å²) in [5, 5.41) is 0. The number of ketones is 1. The Morgan fingerprint density at radius 3 is 2.58 bits per heavy atom. The smallest absolute Gasteiger partial charge is 0.163 e. The average Bonchev–Trinajstić information content (AvgIpc) is 2.42. The van der Waals surface area contributed by atoms with Crippen molar-refractivity contribution in [1.82, 2.24) is 0 Å². The van der Waals surface area contributed by atoms with E-state index in [0.29, 0.717) is 16.9 Å². The summed E-state index contributed by atoms with van der Waals surface area (Å²) < 4.78 is 26.7. The second-order valence-corrected chi connectivity index (χ2v) is 5.03. The van der Waals surface area contributed by atoms with E-state index in [4.69, 9.17) is 0 Å². The highest BCUT2D eigenvalue weighted by Crippen LogP contribution is 2.33. The van der Waals surface area contributed by atoms with E-state index >= 15 is 0 Å². The van der Waals surface area contributed by atoms with Crippen molar-refractivity contribution in [3.63, 3.8) is 0 Å². The number of benzene rings is 2. The van der Waals surface area contributed by atoms with Crippen LogP contribution in [-0.4, -0.2) is 5.78 Å². The molecule has 98 valence electrons. The monoisotopic (exact) mass is 278 g/mol. The molecular formula is C15H12F2OS. The maximum absolute atomic E-state index is 13.6. The number of carbonyl (C=O) groups excluding carboxylic acids is 1. The van der Waals surface area contributed by atoms with Crippen LogP contribution in [0.15, 0.2) is 52.3 Å². The molecule has 2 aromatic carbocycles. The van der Waals surface area contributed by atoms with Gasteiger partial charge >= 0.3 is 0 Å². The number of halogens is 2. The summed E-state index contributed by atoms with van der Waals surface area (Å²) in [6, 6.07) is 10.3. The molecule has 0 aromatic heterocycles. The third-order valence-corrected chi connectivity index (χ3v) is 3.73. The Kier molecular flexibility index (Phi) is 4.32. The molecule has 0 N–H and O–H groups in total. The van der Waals surface area contributed by atoms with Gasteiger partial charge in [-0.05, 0) is 24.3 Å². The third-order valence-electron chi connectivity index (χ3n) is 2.62. The normalized spacial score (nSPS) is 10.5. The van der Waals surface area contributed by atoms with Crippen LogP contribution in [0, 0.1) is 11.6 Å². The van der Waals surface area contributed by atoms with Crippen molar-refractivity contribution >= 4 is 17.5 Å². The van der Waals surface area contributed by atoms with E-state index in [9.17, 15) is 13.6 Å². The molecule has 0 unspecified atom stereocenters. The summed E-state index contributed by atoms with van der Waals surface area (Å²) in [6.07, 6.45) is 0.378. The van der Waals surface area contributed by atoms with Crippen molar-refractivity contribution < 1.29 is 13.6 Å². The van der Waals surface area contributed by atoms with E-state index in [0.717, 1.165) is 30.0 Å². The highest BCUT2D eigenvalue weighted by atomic mass is 32.2. The lowest BCUT2D eigenvalue weighted by molar-refractivity contribution is 0.0985. The molecule has 0 saturated heterocycles. The fourth-order valence-corrected chi connectivity index (χ4v) is 2.66. The van der Waals surface area contributed by atoms with Gasteiger partial charge in [-0.25, -0.2) is 8.78 Å². The van der Waals surface area contributed by atoms with Crippen LogP contribution in [0.5, 0.6) is 0 Å². The number of hydrogen-bond acceptors (Lipinski definition) is 2. The summed E-state index contributed by atoms with van der Waals surface area (Å²) in [6.45, 7) is 1.77. The molecule has 2 rings (SSSR count). The standard InChI is InChI=1S/C15H12F2OS/c1-2-13(18)11-5-3-4-6-14(11)19-15-9-10(16)7-8-12(15)17/h3-9H,2H2,1H3. The fourth-order valence-electron chi connectivity index (χ4n) is 1.65. The van der Waals surface area contributed by atoms with Crippen molar-refractivity contribution in [2.24, 2.45) is 0 Å². The molecule has 0 atom stereocenters. The molecule has 1 nitrogen and oxygen atoms in total. The lowest BCUT2D eigenvalue weighted by Crippen LogP contribution is -1.98. The summed E-state index contributed by atoms with van der Waals surface area (Å²) in [4.78, 5) is 12.6. The number of hydrogen-bond donors (Lipinski definition) is 0. The van der Waals surface area contributed by atoms with Crippen LogP contribution in [-0.2, 0) is 0 Å². The molecular weight excluding hydrogens is 266 g/mol. The molecule has 0 heterocycles. The van der Waals surface area contributed by atoms with E-state index in [2.05, 4.69) is 0 Å². The van der Waals surface area contributed by atoms with Crippen molar-refractivity contribution in [3.8, 4) is 0 Å². The summed E-state index contributed by atoms with van der Waals surface area (Å²) in [5.74, 6) is -1.01. The Morgan fingerprint density at radius 1 is 1.11 bits per heavy atom. The second-order valence-electron chi connectivity index (χ2n) is 3.95. The minimum Gasteiger partial charge on any atom is -0.294 e. The van der Waals surface area contributed by atoms with Crippen molar-refractivity contribution in [2.75, 3.05) is 0 Å². The lowest BCUT2D eigenvalue weighted by atomic mass is 10.1. The Hall–Kier alpha value is -1.68. The van der Waals surface area contributed by atoms with Gasteiger partial charge in [-0.2, -0.15) is 0 Å². The van der Waals surface area contributed by atoms with Gasteiger partial charge in [0.05, 0.1) is 4.90 Å². The maximum Gasteiger partial charge on any atom is 0.163 e. The van der Waals surface area contributed by atoms with E-state index in [-0.39, 0.29) is 10.7 Å². The first-order valence-electron chi connectivity index (χ1n) is 5.87. The largest absolute Gasteiger partial charge is 0.294 e. The van der Waals surface area contributed by atoms with Gasteiger partial charge in [0, 0.05) is 16.9 Å². The van der Waals surface area contributed by atoms with Gasteiger partial charge in [-0.1, -0.05) is 36.9 Å². The van der Waals surface area contributed by atoms with Crippen molar-refractivity contribution in [3.05, 3.63) is 59.7 Å². The Balaban J connectivity index is 2.38. The van der Waals surface area contributed by atoms with E-state index < -0.39 is 11.6 Å². The highest BCUT2D eigenvalue weighted by Gasteiger charge is 2.12. The number of rotatable bonds is 4. The van der Waals surface area contributed by atoms with E-state index in [1.807, 2.05) is 0 Å². The van der Waals surface area contributed by atoms with Crippen molar-refractivity contribution in [2.45, 2.75) is 23.1 Å². The predicted octanol–water partition coefficient (Wildman–Crippen LogP) is 4.71. The molecule has 4 heteroatoms. The van der Waals surface area contributed by atoms with Gasteiger partial charge in [-0.3, -0.25) is 4.79 Å². The predicted molar refractivity (Wildman–Crippen MR) is 71.5 cm³/mol. The first-order chi connectivity index (χ1) is 9.11. The Labute approximate surface area is 114 Å². The van der Waals surface area contributed by atoms with Gasteiger partial charge in [0.1, 0.15) is 11.6 Å². The first-order valence-corrected chi connectivity index (χ1v) is 6.68. The summed E-state index contributed by atoms with van der Waals surface area (Å²) in [5.41, 5.74) is 0.540. The molecule has 0 amide bonds. The molecule has 0 radical (unpaired) electrons. The molecule has 19 heavy (non-hydrogen) atoms. The van der Waals surface area contributed by atoms with Crippen LogP contribution in [0.25, 0.3) is 0 Å². The molecule has 0 aliphatic rings. The molecule has 0 saturated carbocycles. The van der Waals surface area contributed by atoms with Crippen LogP contribution in [0.1, 0.15) is 23.7 Å². The second kappa shape index (κ2) is 5.97.